The van der Waals surface area contributed by atoms with Crippen LogP contribution in [-0.4, -0.2) is 13.1 Å². The largest absolute Gasteiger partial charge is 0.313 e. The summed E-state index contributed by atoms with van der Waals surface area (Å²) in [6, 6.07) is 0. The normalized spacial score (nSPS) is 12.5. The van der Waals surface area contributed by atoms with Gasteiger partial charge in [-0.15, -0.1) is 0 Å². The van der Waals surface area contributed by atoms with Crippen molar-refractivity contribution < 1.29 is 0 Å². The van der Waals surface area contributed by atoms with E-state index in [0.29, 0.717) is 0 Å². The summed E-state index contributed by atoms with van der Waals surface area (Å²) >= 11 is 5.56. The van der Waals surface area contributed by atoms with Crippen LogP contribution >= 0.6 is 11.6 Å². The second-order valence-electron chi connectivity index (χ2n) is 4.73. The van der Waals surface area contributed by atoms with Gasteiger partial charge < -0.3 is 5.32 Å². The summed E-state index contributed by atoms with van der Waals surface area (Å²) in [6.45, 7) is 8.67. The minimum atomic E-state index is 0.861. The van der Waals surface area contributed by atoms with Gasteiger partial charge in [0.15, 0.2) is 0 Å². The maximum Gasteiger partial charge on any atom is 0.0173 e. The van der Waals surface area contributed by atoms with E-state index in [1.807, 2.05) is 6.92 Å². The van der Waals surface area contributed by atoms with Gasteiger partial charge in [-0.3, -0.25) is 0 Å². The lowest BCUT2D eigenvalue weighted by Crippen LogP contribution is -2.17. The third-order valence-corrected chi connectivity index (χ3v) is 2.85. The summed E-state index contributed by atoms with van der Waals surface area (Å²) < 4.78 is 0. The van der Waals surface area contributed by atoms with Crippen LogP contribution in [-0.2, 0) is 0 Å². The molecule has 0 fully saturated rings. The van der Waals surface area contributed by atoms with Gasteiger partial charge in [-0.05, 0) is 31.4 Å². The number of unbranched alkanes of at least 4 members (excludes halogenated alkanes) is 3. The van der Waals surface area contributed by atoms with Crippen LogP contribution in [0.1, 0.15) is 52.9 Å². The van der Waals surface area contributed by atoms with Gasteiger partial charge >= 0.3 is 0 Å². The van der Waals surface area contributed by atoms with Crippen molar-refractivity contribution in [2.45, 2.75) is 52.9 Å². The van der Waals surface area contributed by atoms with E-state index in [4.69, 9.17) is 11.6 Å². The number of hydrogen-bond acceptors (Lipinski definition) is 1. The Bertz CT molecular complexity index is 164. The first-order valence-corrected chi connectivity index (χ1v) is 6.57. The maximum absolute atomic E-state index is 5.56. The van der Waals surface area contributed by atoms with Gasteiger partial charge in [0, 0.05) is 12.1 Å². The van der Waals surface area contributed by atoms with Crippen LogP contribution in [0, 0.1) is 5.92 Å². The molecule has 0 radical (unpaired) electrons. The van der Waals surface area contributed by atoms with Crippen molar-refractivity contribution in [2.75, 3.05) is 13.1 Å². The van der Waals surface area contributed by atoms with Crippen LogP contribution < -0.4 is 5.32 Å². The zero-order valence-electron chi connectivity index (χ0n) is 10.5. The SMILES string of the molecule is CC(=CCl)CNCCCCCCC(C)C. The molecule has 0 saturated heterocycles. The molecule has 0 amide bonds. The fraction of sp³-hybridized carbons (Fsp3) is 0.846. The van der Waals surface area contributed by atoms with Gasteiger partial charge in [-0.2, -0.15) is 0 Å². The summed E-state index contributed by atoms with van der Waals surface area (Å²) in [6.07, 6.45) is 6.78. The second kappa shape index (κ2) is 10.5. The molecule has 90 valence electrons. The summed E-state index contributed by atoms with van der Waals surface area (Å²) in [5, 5.41) is 3.38. The first-order valence-electron chi connectivity index (χ1n) is 6.13. The Kier molecular flexibility index (Phi) is 10.5. The molecular formula is C13H26ClN. The first-order chi connectivity index (χ1) is 7.16. The third kappa shape index (κ3) is 11.9. The fourth-order valence-corrected chi connectivity index (χ4v) is 1.56. The first kappa shape index (κ1) is 15.0. The number of rotatable bonds is 9. The Morgan fingerprint density at radius 2 is 1.87 bits per heavy atom. The van der Waals surface area contributed by atoms with Gasteiger partial charge in [-0.25, -0.2) is 0 Å². The molecule has 0 bridgehead atoms. The molecule has 0 aromatic heterocycles. The Hall–Kier alpha value is -0.0100. The van der Waals surface area contributed by atoms with Crippen LogP contribution in [0.2, 0.25) is 0 Å². The van der Waals surface area contributed by atoms with Crippen molar-refractivity contribution in [2.24, 2.45) is 5.92 Å². The highest BCUT2D eigenvalue weighted by Crippen LogP contribution is 2.08. The van der Waals surface area contributed by atoms with E-state index in [1.54, 1.807) is 5.54 Å². The minimum Gasteiger partial charge on any atom is -0.313 e. The van der Waals surface area contributed by atoms with Crippen molar-refractivity contribution >= 4 is 11.6 Å². The summed E-state index contributed by atoms with van der Waals surface area (Å²) in [4.78, 5) is 0. The number of hydrogen-bond donors (Lipinski definition) is 1. The Morgan fingerprint density at radius 3 is 2.47 bits per heavy atom. The smallest absolute Gasteiger partial charge is 0.0173 e. The summed E-state index contributed by atoms with van der Waals surface area (Å²) in [7, 11) is 0. The molecule has 15 heavy (non-hydrogen) atoms. The Morgan fingerprint density at radius 1 is 1.20 bits per heavy atom. The van der Waals surface area contributed by atoms with Crippen molar-refractivity contribution in [1.82, 2.24) is 5.32 Å². The molecule has 0 rings (SSSR count). The van der Waals surface area contributed by atoms with E-state index >= 15 is 0 Å². The lowest BCUT2D eigenvalue weighted by molar-refractivity contribution is 0.514. The van der Waals surface area contributed by atoms with Gasteiger partial charge in [0.05, 0.1) is 0 Å². The average Bonchev–Trinajstić information content (AvgIpc) is 2.21. The van der Waals surface area contributed by atoms with Crippen LogP contribution in [0.3, 0.4) is 0 Å². The number of nitrogens with one attached hydrogen (secondary N) is 1. The predicted molar refractivity (Wildman–Crippen MR) is 70.4 cm³/mol. The molecular weight excluding hydrogens is 206 g/mol. The van der Waals surface area contributed by atoms with Gasteiger partial charge in [0.1, 0.15) is 0 Å². The molecule has 0 unspecified atom stereocenters. The molecule has 0 spiro atoms. The lowest BCUT2D eigenvalue weighted by Gasteiger charge is -2.05. The quantitative estimate of drug-likeness (QED) is 0.583. The van der Waals surface area contributed by atoms with E-state index in [2.05, 4.69) is 19.2 Å². The van der Waals surface area contributed by atoms with Gasteiger partial charge in [0.2, 0.25) is 0 Å². The Balaban J connectivity index is 3.05. The lowest BCUT2D eigenvalue weighted by atomic mass is 10.0. The average molecular weight is 232 g/mol. The van der Waals surface area contributed by atoms with Crippen LogP contribution in [0.5, 0.6) is 0 Å². The van der Waals surface area contributed by atoms with Gasteiger partial charge in [-0.1, -0.05) is 51.1 Å². The molecule has 0 heterocycles. The molecule has 0 aliphatic carbocycles. The standard InChI is InChI=1S/C13H26ClN/c1-12(2)8-6-4-5-7-9-15-11-13(3)10-14/h10,12,15H,4-9,11H2,1-3H3. The van der Waals surface area contributed by atoms with E-state index in [0.717, 1.165) is 19.0 Å². The third-order valence-electron chi connectivity index (χ3n) is 2.48. The highest BCUT2D eigenvalue weighted by Gasteiger charge is 1.94. The van der Waals surface area contributed by atoms with Crippen LogP contribution in [0.4, 0.5) is 0 Å². The molecule has 2 heteroatoms. The fourth-order valence-electron chi connectivity index (χ4n) is 1.48. The predicted octanol–water partition coefficient (Wildman–Crippen LogP) is 4.33. The monoisotopic (exact) mass is 231 g/mol. The number of halogens is 1. The molecule has 0 aromatic carbocycles. The zero-order chi connectivity index (χ0) is 11.5. The van der Waals surface area contributed by atoms with E-state index in [-0.39, 0.29) is 0 Å². The molecule has 1 nitrogen and oxygen atoms in total. The summed E-state index contributed by atoms with van der Waals surface area (Å²) in [5.41, 5.74) is 2.85. The van der Waals surface area contributed by atoms with E-state index in [1.165, 1.54) is 37.7 Å². The molecule has 1 N–H and O–H groups in total. The Labute approximate surface area is 100 Å². The van der Waals surface area contributed by atoms with Crippen LogP contribution in [0.15, 0.2) is 11.1 Å². The molecule has 0 saturated carbocycles. The van der Waals surface area contributed by atoms with Crippen LogP contribution in [0.25, 0.3) is 0 Å². The zero-order valence-corrected chi connectivity index (χ0v) is 11.2. The molecule has 0 aliphatic rings. The van der Waals surface area contributed by atoms with E-state index in [9.17, 15) is 0 Å². The molecule has 0 aromatic rings. The minimum absolute atomic E-state index is 0.861. The van der Waals surface area contributed by atoms with Crippen molar-refractivity contribution in [3.63, 3.8) is 0 Å². The highest BCUT2D eigenvalue weighted by molar-refractivity contribution is 6.25. The van der Waals surface area contributed by atoms with Crippen molar-refractivity contribution in [3.8, 4) is 0 Å². The van der Waals surface area contributed by atoms with E-state index < -0.39 is 0 Å². The van der Waals surface area contributed by atoms with Gasteiger partial charge in [0.25, 0.3) is 0 Å². The maximum atomic E-state index is 5.56. The topological polar surface area (TPSA) is 12.0 Å². The van der Waals surface area contributed by atoms with Crippen molar-refractivity contribution in [1.29, 1.82) is 0 Å². The highest BCUT2D eigenvalue weighted by atomic mass is 35.5. The second-order valence-corrected chi connectivity index (χ2v) is 4.95. The summed E-state index contributed by atoms with van der Waals surface area (Å²) in [5.74, 6) is 0.861. The van der Waals surface area contributed by atoms with Crippen molar-refractivity contribution in [3.05, 3.63) is 11.1 Å². The molecule has 0 aliphatic heterocycles. The molecule has 0 atom stereocenters.